The average molecular weight is 361 g/mol. The fraction of sp³-hybridized carbons (Fsp3) is 0.300. The van der Waals surface area contributed by atoms with Gasteiger partial charge >= 0.3 is 0 Å². The van der Waals surface area contributed by atoms with Gasteiger partial charge in [0.1, 0.15) is 11.6 Å². The van der Waals surface area contributed by atoms with Crippen LogP contribution in [0.25, 0.3) is 11.5 Å². The molecule has 4 aromatic rings. The van der Waals surface area contributed by atoms with Gasteiger partial charge in [-0.2, -0.15) is 14.6 Å². The minimum Gasteiger partial charge on any atom is -0.367 e. The summed E-state index contributed by atoms with van der Waals surface area (Å²) in [5, 5.41) is 12.7. The fourth-order valence-corrected chi connectivity index (χ4v) is 3.30. The maximum Gasteiger partial charge on any atom is 0.254 e. The Balaban J connectivity index is 1.60. The molecule has 0 bridgehead atoms. The topological polar surface area (TPSA) is 72.9 Å². The van der Waals surface area contributed by atoms with Gasteiger partial charge in [-0.25, -0.2) is 9.67 Å². The second kappa shape index (κ2) is 6.83. The van der Waals surface area contributed by atoms with Crippen molar-refractivity contribution in [2.24, 2.45) is 0 Å². The average Bonchev–Trinajstić information content (AvgIpc) is 3.17. The van der Waals surface area contributed by atoms with Crippen molar-refractivity contribution in [1.29, 1.82) is 0 Å². The van der Waals surface area contributed by atoms with Crippen LogP contribution in [-0.4, -0.2) is 35.4 Å². The highest BCUT2D eigenvalue weighted by atomic mass is 15.4. The van der Waals surface area contributed by atoms with Crippen LogP contribution < -0.4 is 5.32 Å². The van der Waals surface area contributed by atoms with Crippen LogP contribution in [0.1, 0.15) is 29.8 Å². The van der Waals surface area contributed by atoms with Gasteiger partial charge in [0, 0.05) is 29.9 Å². The van der Waals surface area contributed by atoms with Gasteiger partial charge in [-0.1, -0.05) is 18.2 Å². The molecular formula is C20H23N7. The highest BCUT2D eigenvalue weighted by Crippen LogP contribution is 2.17. The van der Waals surface area contributed by atoms with E-state index in [1.807, 2.05) is 49.7 Å². The molecular weight excluding hydrogens is 338 g/mol. The molecule has 1 N–H and O–H groups in total. The zero-order valence-corrected chi connectivity index (χ0v) is 16.0. The van der Waals surface area contributed by atoms with E-state index in [0.29, 0.717) is 11.6 Å². The highest BCUT2D eigenvalue weighted by molar-refractivity contribution is 5.46. The van der Waals surface area contributed by atoms with Crippen molar-refractivity contribution in [2.45, 2.75) is 40.2 Å². The van der Waals surface area contributed by atoms with Gasteiger partial charge in [0.05, 0.1) is 11.4 Å². The maximum atomic E-state index is 4.66. The van der Waals surface area contributed by atoms with Crippen molar-refractivity contribution >= 4 is 11.6 Å². The standard InChI is InChI=1S/C20H23N7/c1-13(21-19-12-14(2)22-20-23-16(4)25-27(19)20)10-18-11-15(3)24-26(18)17-8-6-5-7-9-17/h5-9,11-13,21H,10H2,1-4H3. The summed E-state index contributed by atoms with van der Waals surface area (Å²) in [4.78, 5) is 8.81. The molecule has 3 aromatic heterocycles. The van der Waals surface area contributed by atoms with E-state index in [1.165, 1.54) is 0 Å². The molecule has 1 aromatic carbocycles. The second-order valence-corrected chi connectivity index (χ2v) is 6.93. The number of nitrogens with one attached hydrogen (secondary N) is 1. The lowest BCUT2D eigenvalue weighted by molar-refractivity contribution is 0.711. The van der Waals surface area contributed by atoms with Crippen molar-refractivity contribution < 1.29 is 0 Å². The fourth-order valence-electron chi connectivity index (χ4n) is 3.30. The molecule has 27 heavy (non-hydrogen) atoms. The third-order valence-electron chi connectivity index (χ3n) is 4.36. The van der Waals surface area contributed by atoms with Gasteiger partial charge < -0.3 is 5.32 Å². The minimum atomic E-state index is 0.179. The van der Waals surface area contributed by atoms with Gasteiger partial charge in [0.2, 0.25) is 0 Å². The third-order valence-corrected chi connectivity index (χ3v) is 4.36. The number of hydrogen-bond acceptors (Lipinski definition) is 5. The van der Waals surface area contributed by atoms with E-state index in [4.69, 9.17) is 0 Å². The number of nitrogens with zero attached hydrogens (tertiary/aromatic N) is 6. The number of rotatable bonds is 5. The maximum absolute atomic E-state index is 4.66. The van der Waals surface area contributed by atoms with E-state index >= 15 is 0 Å². The van der Waals surface area contributed by atoms with E-state index in [9.17, 15) is 0 Å². The molecule has 0 aliphatic heterocycles. The first-order valence-corrected chi connectivity index (χ1v) is 9.08. The Morgan fingerprint density at radius 1 is 0.963 bits per heavy atom. The lowest BCUT2D eigenvalue weighted by Crippen LogP contribution is -2.22. The minimum absolute atomic E-state index is 0.179. The number of fused-ring (bicyclic) bond motifs is 1. The Hall–Kier alpha value is -3.22. The molecule has 0 spiro atoms. The molecule has 0 amide bonds. The number of anilines is 1. The first kappa shape index (κ1) is 17.2. The molecule has 0 saturated carbocycles. The first-order chi connectivity index (χ1) is 13.0. The number of para-hydroxylation sites is 1. The van der Waals surface area contributed by atoms with Crippen LogP contribution in [0.2, 0.25) is 0 Å². The number of aryl methyl sites for hydroxylation is 3. The molecule has 7 nitrogen and oxygen atoms in total. The summed E-state index contributed by atoms with van der Waals surface area (Å²) in [7, 11) is 0. The summed E-state index contributed by atoms with van der Waals surface area (Å²) in [5.41, 5.74) is 4.15. The van der Waals surface area contributed by atoms with E-state index < -0.39 is 0 Å². The van der Waals surface area contributed by atoms with Crippen LogP contribution in [0.4, 0.5) is 5.82 Å². The summed E-state index contributed by atoms with van der Waals surface area (Å²) < 4.78 is 3.78. The third kappa shape index (κ3) is 3.53. The smallest absolute Gasteiger partial charge is 0.254 e. The predicted octanol–water partition coefficient (Wildman–Crippen LogP) is 3.28. The molecule has 3 heterocycles. The summed E-state index contributed by atoms with van der Waals surface area (Å²) >= 11 is 0. The molecule has 1 atom stereocenters. The van der Waals surface area contributed by atoms with Gasteiger partial charge in [0.25, 0.3) is 5.78 Å². The van der Waals surface area contributed by atoms with E-state index in [1.54, 1.807) is 4.52 Å². The zero-order chi connectivity index (χ0) is 19.0. The Kier molecular flexibility index (Phi) is 4.35. The molecule has 0 aliphatic carbocycles. The van der Waals surface area contributed by atoms with Crippen molar-refractivity contribution in [3.8, 4) is 5.69 Å². The lowest BCUT2D eigenvalue weighted by atomic mass is 10.1. The number of hydrogen-bond donors (Lipinski definition) is 1. The molecule has 0 fully saturated rings. The van der Waals surface area contributed by atoms with Gasteiger partial charge in [-0.3, -0.25) is 0 Å². The van der Waals surface area contributed by atoms with Gasteiger partial charge in [-0.15, -0.1) is 5.10 Å². The SMILES string of the molecule is Cc1cc(NC(C)Cc2cc(C)nn2-c2ccccc2)n2nc(C)nc2n1. The summed E-state index contributed by atoms with van der Waals surface area (Å²) in [5.74, 6) is 2.22. The molecule has 0 aliphatic rings. The largest absolute Gasteiger partial charge is 0.367 e. The second-order valence-electron chi connectivity index (χ2n) is 6.93. The number of aromatic nitrogens is 6. The molecule has 138 valence electrons. The van der Waals surface area contributed by atoms with Crippen LogP contribution in [0, 0.1) is 20.8 Å². The summed E-state index contributed by atoms with van der Waals surface area (Å²) in [6.07, 6.45) is 0.826. The van der Waals surface area contributed by atoms with E-state index in [2.05, 4.69) is 50.6 Å². The van der Waals surface area contributed by atoms with Crippen LogP contribution in [0.15, 0.2) is 42.5 Å². The van der Waals surface area contributed by atoms with Crippen molar-refractivity contribution in [3.63, 3.8) is 0 Å². The van der Waals surface area contributed by atoms with E-state index in [-0.39, 0.29) is 6.04 Å². The Morgan fingerprint density at radius 2 is 1.74 bits per heavy atom. The van der Waals surface area contributed by atoms with E-state index in [0.717, 1.165) is 35.0 Å². The van der Waals surface area contributed by atoms with Crippen LogP contribution in [0.5, 0.6) is 0 Å². The normalized spacial score (nSPS) is 12.4. The quantitative estimate of drug-likeness (QED) is 0.590. The lowest BCUT2D eigenvalue weighted by Gasteiger charge is -2.17. The molecule has 0 radical (unpaired) electrons. The van der Waals surface area contributed by atoms with Gasteiger partial charge in [0.15, 0.2) is 0 Å². The summed E-state index contributed by atoms with van der Waals surface area (Å²) in [6, 6.07) is 14.5. The zero-order valence-electron chi connectivity index (χ0n) is 16.0. The molecule has 1 unspecified atom stereocenters. The predicted molar refractivity (Wildman–Crippen MR) is 105 cm³/mol. The van der Waals surface area contributed by atoms with Gasteiger partial charge in [-0.05, 0) is 45.9 Å². The molecule has 7 heteroatoms. The van der Waals surface area contributed by atoms with Crippen LogP contribution in [0.3, 0.4) is 0 Å². The van der Waals surface area contributed by atoms with Crippen molar-refractivity contribution in [1.82, 2.24) is 29.4 Å². The Morgan fingerprint density at radius 3 is 2.52 bits per heavy atom. The number of benzene rings is 1. The van der Waals surface area contributed by atoms with Crippen molar-refractivity contribution in [3.05, 3.63) is 65.4 Å². The highest BCUT2D eigenvalue weighted by Gasteiger charge is 2.14. The molecule has 0 saturated heterocycles. The molecule has 4 rings (SSSR count). The monoisotopic (exact) mass is 361 g/mol. The Bertz CT molecular complexity index is 1080. The van der Waals surface area contributed by atoms with Crippen LogP contribution >= 0.6 is 0 Å². The Labute approximate surface area is 158 Å². The summed E-state index contributed by atoms with van der Waals surface area (Å²) in [6.45, 7) is 8.02. The van der Waals surface area contributed by atoms with Crippen LogP contribution in [-0.2, 0) is 6.42 Å². The van der Waals surface area contributed by atoms with Crippen molar-refractivity contribution in [2.75, 3.05) is 5.32 Å². The first-order valence-electron chi connectivity index (χ1n) is 9.08.